The number of aromatic nitrogens is 1. The lowest BCUT2D eigenvalue weighted by Crippen LogP contribution is -2.35. The fraction of sp³-hybridized carbons (Fsp3) is 0.133. The third-order valence-corrected chi connectivity index (χ3v) is 2.98. The molecule has 0 saturated carbocycles. The van der Waals surface area contributed by atoms with Crippen molar-refractivity contribution in [2.75, 3.05) is 5.32 Å². The van der Waals surface area contributed by atoms with Crippen LogP contribution in [0.15, 0.2) is 42.6 Å². The van der Waals surface area contributed by atoms with Gasteiger partial charge in [0.05, 0.1) is 0 Å². The summed E-state index contributed by atoms with van der Waals surface area (Å²) in [5.74, 6) is -1.11. The molecule has 0 aliphatic heterocycles. The first-order valence-electron chi connectivity index (χ1n) is 6.31. The van der Waals surface area contributed by atoms with E-state index in [4.69, 9.17) is 11.6 Å². The molecule has 1 aromatic carbocycles. The maximum absolute atomic E-state index is 11.7. The average molecular weight is 304 g/mol. The van der Waals surface area contributed by atoms with Crippen LogP contribution in [0.3, 0.4) is 0 Å². The van der Waals surface area contributed by atoms with Gasteiger partial charge in [0.2, 0.25) is 0 Å². The Bertz CT molecular complexity index is 656. The highest BCUT2D eigenvalue weighted by atomic mass is 35.5. The second kappa shape index (κ2) is 6.85. The first-order valence-corrected chi connectivity index (χ1v) is 6.68. The topological polar surface area (TPSA) is 71.1 Å². The van der Waals surface area contributed by atoms with Crippen molar-refractivity contribution >= 4 is 29.2 Å². The minimum absolute atomic E-state index is 0.255. The summed E-state index contributed by atoms with van der Waals surface area (Å²) in [5, 5.41) is 5.59. The summed E-state index contributed by atoms with van der Waals surface area (Å²) in [7, 11) is 0. The number of halogens is 1. The molecular weight excluding hydrogens is 290 g/mol. The standard InChI is InChI=1S/C15H14ClN3O2/c1-10-6-7-17-13(8-10)19-15(21)14(20)18-9-11-2-4-12(16)5-3-11/h2-8H,9H2,1H3,(H,18,20)(H,17,19,21). The number of nitrogens with one attached hydrogen (secondary N) is 2. The maximum Gasteiger partial charge on any atom is 0.314 e. The number of benzene rings is 1. The number of amides is 2. The predicted octanol–water partition coefficient (Wildman–Crippen LogP) is 2.30. The summed E-state index contributed by atoms with van der Waals surface area (Å²) >= 11 is 5.77. The van der Waals surface area contributed by atoms with E-state index in [1.165, 1.54) is 0 Å². The quantitative estimate of drug-likeness (QED) is 0.855. The first kappa shape index (κ1) is 15.0. The van der Waals surface area contributed by atoms with Crippen LogP contribution >= 0.6 is 11.6 Å². The number of aryl methyl sites for hydroxylation is 1. The molecule has 0 saturated heterocycles. The number of hydrogen-bond donors (Lipinski definition) is 2. The summed E-state index contributed by atoms with van der Waals surface area (Å²) < 4.78 is 0. The van der Waals surface area contributed by atoms with Crippen LogP contribution in [0.25, 0.3) is 0 Å². The van der Waals surface area contributed by atoms with Gasteiger partial charge in [0.25, 0.3) is 0 Å². The second-order valence-electron chi connectivity index (χ2n) is 4.48. The second-order valence-corrected chi connectivity index (χ2v) is 4.92. The number of hydrogen-bond acceptors (Lipinski definition) is 3. The van der Waals surface area contributed by atoms with Crippen LogP contribution < -0.4 is 10.6 Å². The number of rotatable bonds is 3. The molecule has 108 valence electrons. The smallest absolute Gasteiger partial charge is 0.314 e. The Labute approximate surface area is 127 Å². The molecule has 21 heavy (non-hydrogen) atoms. The highest BCUT2D eigenvalue weighted by molar-refractivity contribution is 6.39. The van der Waals surface area contributed by atoms with Crippen LogP contribution in [0.2, 0.25) is 5.02 Å². The van der Waals surface area contributed by atoms with Crippen LogP contribution in [0, 0.1) is 6.92 Å². The van der Waals surface area contributed by atoms with Crippen molar-refractivity contribution in [3.8, 4) is 0 Å². The van der Waals surface area contributed by atoms with Crippen molar-refractivity contribution in [1.82, 2.24) is 10.3 Å². The van der Waals surface area contributed by atoms with E-state index < -0.39 is 11.8 Å². The Kier molecular flexibility index (Phi) is 4.90. The minimum atomic E-state index is -0.748. The largest absolute Gasteiger partial charge is 0.344 e. The Balaban J connectivity index is 1.88. The van der Waals surface area contributed by atoms with Crippen LogP contribution in [-0.4, -0.2) is 16.8 Å². The van der Waals surface area contributed by atoms with Crippen molar-refractivity contribution < 1.29 is 9.59 Å². The molecule has 0 spiro atoms. The third-order valence-electron chi connectivity index (χ3n) is 2.73. The molecule has 0 fully saturated rings. The molecule has 5 nitrogen and oxygen atoms in total. The van der Waals surface area contributed by atoms with Crippen LogP contribution in [-0.2, 0) is 16.1 Å². The van der Waals surface area contributed by atoms with E-state index in [9.17, 15) is 9.59 Å². The Morgan fingerprint density at radius 2 is 1.86 bits per heavy atom. The zero-order valence-corrected chi connectivity index (χ0v) is 12.1. The van der Waals surface area contributed by atoms with Gasteiger partial charge in [-0.15, -0.1) is 0 Å². The molecule has 0 radical (unpaired) electrons. The molecule has 6 heteroatoms. The fourth-order valence-corrected chi connectivity index (χ4v) is 1.77. The van der Waals surface area contributed by atoms with Crippen LogP contribution in [0.1, 0.15) is 11.1 Å². The first-order chi connectivity index (χ1) is 10.0. The molecule has 1 heterocycles. The van der Waals surface area contributed by atoms with Gasteiger partial charge in [-0.2, -0.15) is 0 Å². The minimum Gasteiger partial charge on any atom is -0.344 e. The molecule has 0 atom stereocenters. The molecule has 2 rings (SSSR count). The Morgan fingerprint density at radius 1 is 1.14 bits per heavy atom. The molecule has 0 unspecified atom stereocenters. The van der Waals surface area contributed by atoms with E-state index in [0.29, 0.717) is 10.8 Å². The van der Waals surface area contributed by atoms with E-state index in [2.05, 4.69) is 15.6 Å². The van der Waals surface area contributed by atoms with E-state index in [-0.39, 0.29) is 6.54 Å². The number of carbonyl (C=O) groups excluding carboxylic acids is 2. The molecule has 2 amide bonds. The number of nitrogens with zero attached hydrogens (tertiary/aromatic N) is 1. The fourth-order valence-electron chi connectivity index (χ4n) is 1.64. The van der Waals surface area contributed by atoms with E-state index in [1.807, 2.05) is 6.92 Å². The summed E-state index contributed by atoms with van der Waals surface area (Å²) in [6, 6.07) is 10.5. The molecule has 2 N–H and O–H groups in total. The van der Waals surface area contributed by atoms with Gasteiger partial charge in [-0.1, -0.05) is 23.7 Å². The number of carbonyl (C=O) groups is 2. The summed E-state index contributed by atoms with van der Waals surface area (Å²) in [6.45, 7) is 2.13. The molecule has 0 aliphatic rings. The van der Waals surface area contributed by atoms with Gasteiger partial charge in [0, 0.05) is 17.8 Å². The summed E-state index contributed by atoms with van der Waals surface area (Å²) in [5.41, 5.74) is 1.80. The lowest BCUT2D eigenvalue weighted by Gasteiger charge is -2.06. The van der Waals surface area contributed by atoms with Crippen molar-refractivity contribution in [2.24, 2.45) is 0 Å². The maximum atomic E-state index is 11.7. The van der Waals surface area contributed by atoms with Crippen molar-refractivity contribution in [3.63, 3.8) is 0 Å². The Morgan fingerprint density at radius 3 is 2.52 bits per heavy atom. The van der Waals surface area contributed by atoms with Gasteiger partial charge in [-0.05, 0) is 42.3 Å². The molecular formula is C15H14ClN3O2. The van der Waals surface area contributed by atoms with E-state index >= 15 is 0 Å². The van der Waals surface area contributed by atoms with Gasteiger partial charge in [0.1, 0.15) is 5.82 Å². The summed E-state index contributed by atoms with van der Waals surface area (Å²) in [6.07, 6.45) is 1.57. The monoisotopic (exact) mass is 303 g/mol. The molecule has 2 aromatic rings. The molecule has 0 bridgehead atoms. The third kappa shape index (κ3) is 4.57. The van der Waals surface area contributed by atoms with Crippen molar-refractivity contribution in [1.29, 1.82) is 0 Å². The SMILES string of the molecule is Cc1ccnc(NC(=O)C(=O)NCc2ccc(Cl)cc2)c1. The number of anilines is 1. The normalized spacial score (nSPS) is 10.0. The molecule has 1 aromatic heterocycles. The number of pyridine rings is 1. The van der Waals surface area contributed by atoms with Gasteiger partial charge in [-0.25, -0.2) is 4.98 Å². The highest BCUT2D eigenvalue weighted by Gasteiger charge is 2.13. The van der Waals surface area contributed by atoms with Crippen LogP contribution in [0.5, 0.6) is 0 Å². The molecule has 0 aliphatic carbocycles. The average Bonchev–Trinajstić information content (AvgIpc) is 2.46. The van der Waals surface area contributed by atoms with Gasteiger partial charge >= 0.3 is 11.8 Å². The van der Waals surface area contributed by atoms with Crippen LogP contribution in [0.4, 0.5) is 5.82 Å². The highest BCUT2D eigenvalue weighted by Crippen LogP contribution is 2.09. The summed E-state index contributed by atoms with van der Waals surface area (Å²) in [4.78, 5) is 27.4. The van der Waals surface area contributed by atoms with E-state index in [1.54, 1.807) is 42.6 Å². The van der Waals surface area contributed by atoms with Crippen molar-refractivity contribution in [2.45, 2.75) is 13.5 Å². The van der Waals surface area contributed by atoms with E-state index in [0.717, 1.165) is 11.1 Å². The van der Waals surface area contributed by atoms with Gasteiger partial charge < -0.3 is 10.6 Å². The van der Waals surface area contributed by atoms with Crippen molar-refractivity contribution in [3.05, 3.63) is 58.7 Å². The zero-order chi connectivity index (χ0) is 15.2. The predicted molar refractivity (Wildman–Crippen MR) is 80.9 cm³/mol. The zero-order valence-electron chi connectivity index (χ0n) is 11.4. The Hall–Kier alpha value is -2.40. The van der Waals surface area contributed by atoms with Gasteiger partial charge in [0.15, 0.2) is 0 Å². The lowest BCUT2D eigenvalue weighted by molar-refractivity contribution is -0.136. The lowest BCUT2D eigenvalue weighted by atomic mass is 10.2. The van der Waals surface area contributed by atoms with Gasteiger partial charge in [-0.3, -0.25) is 9.59 Å².